The first-order valence-corrected chi connectivity index (χ1v) is 8.59. The van der Waals surface area contributed by atoms with Gasteiger partial charge in [0, 0.05) is 0 Å². The molecular formula is C14H12F3N3O5S. The third-order valence-corrected chi connectivity index (χ3v) is 4.91. The maximum absolute atomic E-state index is 12.1. The first-order valence-electron chi connectivity index (χ1n) is 7.27. The van der Waals surface area contributed by atoms with Crippen molar-refractivity contribution in [3.8, 4) is 5.75 Å². The maximum Gasteiger partial charge on any atom is 0.573 e. The largest absolute Gasteiger partial charge is 0.573 e. The van der Waals surface area contributed by atoms with Crippen LogP contribution in [0.2, 0.25) is 0 Å². The third-order valence-electron chi connectivity index (χ3n) is 3.50. The van der Waals surface area contributed by atoms with Crippen molar-refractivity contribution < 1.29 is 31.8 Å². The molecule has 8 nitrogen and oxygen atoms in total. The Kier molecular flexibility index (Phi) is 4.96. The number of nitrogens with zero attached hydrogens (tertiary/aromatic N) is 3. The average Bonchev–Trinajstić information content (AvgIpc) is 2.98. The molecule has 3 rings (SSSR count). The number of alkyl halides is 3. The van der Waals surface area contributed by atoms with Gasteiger partial charge in [0.2, 0.25) is 0 Å². The van der Waals surface area contributed by atoms with Crippen LogP contribution in [0, 0.1) is 10.1 Å². The van der Waals surface area contributed by atoms with Gasteiger partial charge in [0.05, 0.1) is 25.0 Å². The topological polar surface area (TPSA) is 96.5 Å². The molecule has 12 heteroatoms. The van der Waals surface area contributed by atoms with Gasteiger partial charge in [0.25, 0.3) is 0 Å². The van der Waals surface area contributed by atoms with Crippen LogP contribution in [-0.2, 0) is 28.7 Å². The molecule has 1 aromatic carbocycles. The number of nitro groups is 1. The molecule has 1 aliphatic rings. The van der Waals surface area contributed by atoms with Gasteiger partial charge in [-0.1, -0.05) is 12.1 Å². The molecule has 1 aliphatic heterocycles. The van der Waals surface area contributed by atoms with Crippen molar-refractivity contribution in [1.29, 1.82) is 0 Å². The monoisotopic (exact) mass is 391 g/mol. The number of aromatic nitrogens is 2. The Bertz CT molecular complexity index is 837. The molecule has 0 fully saturated rings. The Morgan fingerprint density at radius 1 is 1.35 bits per heavy atom. The van der Waals surface area contributed by atoms with Gasteiger partial charge < -0.3 is 19.6 Å². The number of imidazole rings is 1. The quantitative estimate of drug-likeness (QED) is 0.574. The van der Waals surface area contributed by atoms with Gasteiger partial charge in [0.1, 0.15) is 22.7 Å². The number of hydrogen-bond acceptors (Lipinski definition) is 6. The minimum atomic E-state index is -4.75. The summed E-state index contributed by atoms with van der Waals surface area (Å²) < 4.78 is 59.3. The predicted molar refractivity (Wildman–Crippen MR) is 81.9 cm³/mol. The van der Waals surface area contributed by atoms with Crippen molar-refractivity contribution in [2.45, 2.75) is 30.8 Å². The fourth-order valence-electron chi connectivity index (χ4n) is 2.40. The van der Waals surface area contributed by atoms with Crippen LogP contribution in [0.15, 0.2) is 35.6 Å². The summed E-state index contributed by atoms with van der Waals surface area (Å²) in [6, 6.07) is 5.19. The molecule has 140 valence electrons. The van der Waals surface area contributed by atoms with Gasteiger partial charge in [-0.2, -0.15) is 0 Å². The second-order valence-electron chi connectivity index (χ2n) is 5.43. The zero-order chi connectivity index (χ0) is 18.9. The molecule has 0 aliphatic carbocycles. The Balaban J connectivity index is 1.60. The third kappa shape index (κ3) is 4.38. The van der Waals surface area contributed by atoms with E-state index >= 15 is 0 Å². The van der Waals surface area contributed by atoms with Crippen molar-refractivity contribution in [2.24, 2.45) is 0 Å². The molecule has 0 saturated carbocycles. The summed E-state index contributed by atoms with van der Waals surface area (Å²) in [5, 5.41) is 10.9. The van der Waals surface area contributed by atoms with E-state index in [1.807, 2.05) is 0 Å². The molecule has 26 heavy (non-hydrogen) atoms. The van der Waals surface area contributed by atoms with E-state index in [9.17, 15) is 27.5 Å². The summed E-state index contributed by atoms with van der Waals surface area (Å²) >= 11 is 0. The molecule has 0 spiro atoms. The van der Waals surface area contributed by atoms with Gasteiger partial charge in [0.15, 0.2) is 0 Å². The van der Waals surface area contributed by atoms with Crippen LogP contribution in [0.1, 0.15) is 5.56 Å². The second-order valence-corrected chi connectivity index (χ2v) is 6.82. The zero-order valence-corrected chi connectivity index (χ0v) is 13.8. The number of fused-ring (bicyclic) bond motifs is 1. The highest BCUT2D eigenvalue weighted by molar-refractivity contribution is 7.84. The van der Waals surface area contributed by atoms with Gasteiger partial charge >= 0.3 is 17.3 Å². The lowest BCUT2D eigenvalue weighted by atomic mass is 10.2. The average molecular weight is 391 g/mol. The van der Waals surface area contributed by atoms with Crippen LogP contribution >= 0.6 is 0 Å². The predicted octanol–water partition coefficient (Wildman–Crippen LogP) is 2.40. The molecule has 1 aromatic heterocycles. The number of rotatable bonds is 5. The molecule has 0 saturated heterocycles. The fraction of sp³-hybridized carbons (Fsp3) is 0.357. The van der Waals surface area contributed by atoms with E-state index in [1.165, 1.54) is 35.0 Å². The second kappa shape index (κ2) is 7.03. The lowest BCUT2D eigenvalue weighted by Crippen LogP contribution is -2.32. The van der Waals surface area contributed by atoms with Crippen molar-refractivity contribution in [3.63, 3.8) is 0 Å². The van der Waals surface area contributed by atoms with Crippen LogP contribution in [0.5, 0.6) is 5.75 Å². The van der Waals surface area contributed by atoms with E-state index in [0.717, 1.165) is 0 Å². The van der Waals surface area contributed by atoms with Crippen molar-refractivity contribution in [2.75, 3.05) is 5.75 Å². The molecule has 0 radical (unpaired) electrons. The van der Waals surface area contributed by atoms with Crippen molar-refractivity contribution >= 4 is 16.6 Å². The van der Waals surface area contributed by atoms with Crippen LogP contribution in [-0.4, -0.2) is 36.9 Å². The number of benzene rings is 1. The SMILES string of the molecule is O=[N+]([O-])c1cn2c(n1)S(=O)C[C@@H](OCc1ccc(OC(F)(F)F)cc1)C2. The summed E-state index contributed by atoms with van der Waals surface area (Å²) in [6.07, 6.45) is -4.02. The van der Waals surface area contributed by atoms with Gasteiger partial charge in [-0.15, -0.1) is 13.2 Å². The van der Waals surface area contributed by atoms with Crippen LogP contribution < -0.4 is 4.74 Å². The lowest BCUT2D eigenvalue weighted by Gasteiger charge is -2.21. The van der Waals surface area contributed by atoms with Gasteiger partial charge in [-0.3, -0.25) is 4.57 Å². The minimum absolute atomic E-state index is 0.0836. The highest BCUT2D eigenvalue weighted by Gasteiger charge is 2.33. The summed E-state index contributed by atoms with van der Waals surface area (Å²) in [4.78, 5) is 13.8. The molecule has 0 bridgehead atoms. The van der Waals surface area contributed by atoms with Crippen LogP contribution in [0.3, 0.4) is 0 Å². The molecular weight excluding hydrogens is 379 g/mol. The number of halogens is 3. The smallest absolute Gasteiger partial charge is 0.406 e. The normalized spacial score (nSPS) is 19.8. The van der Waals surface area contributed by atoms with Crippen molar-refractivity contribution in [3.05, 3.63) is 46.1 Å². The minimum Gasteiger partial charge on any atom is -0.406 e. The van der Waals surface area contributed by atoms with Crippen LogP contribution in [0.25, 0.3) is 0 Å². The van der Waals surface area contributed by atoms with E-state index in [4.69, 9.17) is 4.74 Å². The summed E-state index contributed by atoms with van der Waals surface area (Å²) in [7, 11) is -1.54. The molecule has 0 amide bonds. The van der Waals surface area contributed by atoms with Gasteiger partial charge in [-0.05, 0) is 27.6 Å². The Labute approximate surface area is 147 Å². The van der Waals surface area contributed by atoms with E-state index in [1.54, 1.807) is 0 Å². The Morgan fingerprint density at radius 2 is 2.04 bits per heavy atom. The molecule has 2 heterocycles. The van der Waals surface area contributed by atoms with Gasteiger partial charge in [-0.25, -0.2) is 4.21 Å². The Morgan fingerprint density at radius 3 is 2.65 bits per heavy atom. The van der Waals surface area contributed by atoms with Crippen molar-refractivity contribution in [1.82, 2.24) is 9.55 Å². The zero-order valence-electron chi connectivity index (χ0n) is 13.0. The number of ether oxygens (including phenoxy) is 2. The standard InChI is InChI=1S/C14H12F3N3O5S/c15-14(16,17)25-10-3-1-9(2-4-10)7-24-11-5-19-6-12(20(21)22)18-13(19)26(23)8-11/h1-4,6,11H,5,7-8H2/t11-,26?/m0/s1. The summed E-state index contributed by atoms with van der Waals surface area (Å²) in [5.41, 5.74) is 0.604. The lowest BCUT2D eigenvalue weighted by molar-refractivity contribution is -0.389. The fourth-order valence-corrected chi connectivity index (χ4v) is 3.68. The van der Waals surface area contributed by atoms with E-state index in [-0.39, 0.29) is 35.6 Å². The van der Waals surface area contributed by atoms with E-state index in [0.29, 0.717) is 5.56 Å². The summed E-state index contributed by atoms with van der Waals surface area (Å²) in [6.45, 7) is 0.331. The first-order chi connectivity index (χ1) is 12.2. The maximum atomic E-state index is 12.1. The number of hydrogen-bond donors (Lipinski definition) is 0. The molecule has 2 aromatic rings. The highest BCUT2D eigenvalue weighted by atomic mass is 32.2. The van der Waals surface area contributed by atoms with Crippen LogP contribution in [0.4, 0.5) is 19.0 Å². The molecule has 1 unspecified atom stereocenters. The first kappa shape index (κ1) is 18.3. The highest BCUT2D eigenvalue weighted by Crippen LogP contribution is 2.24. The van der Waals surface area contributed by atoms with E-state index in [2.05, 4.69) is 9.72 Å². The molecule has 2 atom stereocenters. The van der Waals surface area contributed by atoms with E-state index < -0.39 is 28.2 Å². The molecule has 0 N–H and O–H groups in total. The Hall–Kier alpha value is -2.47. The summed E-state index contributed by atoms with van der Waals surface area (Å²) in [5.74, 6) is -0.590.